The lowest BCUT2D eigenvalue weighted by molar-refractivity contribution is -0.122. The summed E-state index contributed by atoms with van der Waals surface area (Å²) in [7, 11) is -0.673. The van der Waals surface area contributed by atoms with Crippen molar-refractivity contribution in [3.05, 3.63) is 41.4 Å². The normalized spacial score (nSPS) is 16.0. The number of amides is 1. The van der Waals surface area contributed by atoms with Crippen molar-refractivity contribution >= 4 is 38.9 Å². The lowest BCUT2D eigenvalue weighted by atomic mass is 10.2. The van der Waals surface area contributed by atoms with E-state index in [1.807, 2.05) is 0 Å². The van der Waals surface area contributed by atoms with E-state index in [-0.39, 0.29) is 18.0 Å². The van der Waals surface area contributed by atoms with Crippen molar-refractivity contribution in [3.63, 3.8) is 0 Å². The van der Waals surface area contributed by atoms with Gasteiger partial charge in [-0.05, 0) is 30.3 Å². The van der Waals surface area contributed by atoms with Crippen molar-refractivity contribution in [2.24, 2.45) is 0 Å². The Bertz CT molecular complexity index is 1010. The molecule has 0 fully saturated rings. The summed E-state index contributed by atoms with van der Waals surface area (Å²) in [5.74, 6) is 0.676. The summed E-state index contributed by atoms with van der Waals surface area (Å²) < 4.78 is 41.7. The van der Waals surface area contributed by atoms with E-state index >= 15 is 0 Å². The maximum atomic E-state index is 12.8. The molecular formula is C18H19ClN2O6S. The fraction of sp³-hybridized carbons (Fsp3) is 0.278. The average Bonchev–Trinajstić information content (AvgIpc) is 2.66. The second kappa shape index (κ2) is 7.76. The standard InChI is InChI=1S/C18H19ClN2O6S/c1-25-12-5-7-15(26-2)13(9-12)20-18(22)17-10-21(28(3,23)24)14-8-11(19)4-6-16(14)27-17/h4-9,17H,10H2,1-3H3,(H,20,22)/t17-/m0/s1. The predicted octanol–water partition coefficient (Wildman–Crippen LogP) is 2.52. The Hall–Kier alpha value is -2.65. The number of benzene rings is 2. The van der Waals surface area contributed by atoms with Gasteiger partial charge in [0.05, 0.1) is 38.4 Å². The number of hydrogen-bond donors (Lipinski definition) is 1. The SMILES string of the molecule is COc1ccc(OC)c(NC(=O)[C@@H]2CN(S(C)(=O)=O)c3cc(Cl)ccc3O2)c1. The first-order valence-corrected chi connectivity index (χ1v) is 10.4. The van der Waals surface area contributed by atoms with Gasteiger partial charge in [-0.1, -0.05) is 11.6 Å². The summed E-state index contributed by atoms with van der Waals surface area (Å²) in [6, 6.07) is 9.51. The van der Waals surface area contributed by atoms with Crippen molar-refractivity contribution in [3.8, 4) is 17.2 Å². The molecule has 0 aliphatic carbocycles. The van der Waals surface area contributed by atoms with E-state index in [0.29, 0.717) is 22.2 Å². The third-order valence-electron chi connectivity index (χ3n) is 4.15. The van der Waals surface area contributed by atoms with E-state index in [9.17, 15) is 13.2 Å². The molecule has 3 rings (SSSR count). The molecule has 1 N–H and O–H groups in total. The molecule has 2 aromatic carbocycles. The molecule has 28 heavy (non-hydrogen) atoms. The molecule has 0 aromatic heterocycles. The van der Waals surface area contributed by atoms with E-state index < -0.39 is 22.0 Å². The van der Waals surface area contributed by atoms with Crippen molar-refractivity contribution in [1.29, 1.82) is 0 Å². The van der Waals surface area contributed by atoms with E-state index in [0.717, 1.165) is 10.6 Å². The van der Waals surface area contributed by atoms with Crippen LogP contribution in [-0.2, 0) is 14.8 Å². The van der Waals surface area contributed by atoms with Gasteiger partial charge < -0.3 is 19.5 Å². The van der Waals surface area contributed by atoms with E-state index in [1.54, 1.807) is 24.3 Å². The molecule has 0 saturated carbocycles. The van der Waals surface area contributed by atoms with Crippen LogP contribution in [0.3, 0.4) is 0 Å². The van der Waals surface area contributed by atoms with E-state index in [4.69, 9.17) is 25.8 Å². The fourth-order valence-electron chi connectivity index (χ4n) is 2.80. The molecule has 0 bridgehead atoms. The largest absolute Gasteiger partial charge is 0.497 e. The topological polar surface area (TPSA) is 94.2 Å². The van der Waals surface area contributed by atoms with Crippen LogP contribution in [0.25, 0.3) is 0 Å². The summed E-state index contributed by atoms with van der Waals surface area (Å²) in [5.41, 5.74) is 0.668. The number of carbonyl (C=O) groups excluding carboxylic acids is 1. The molecular weight excluding hydrogens is 408 g/mol. The number of methoxy groups -OCH3 is 2. The summed E-state index contributed by atoms with van der Waals surface area (Å²) in [6.45, 7) is -0.190. The van der Waals surface area contributed by atoms with Crippen LogP contribution in [0, 0.1) is 0 Å². The summed E-state index contributed by atoms with van der Waals surface area (Å²) >= 11 is 5.98. The van der Waals surface area contributed by atoms with Crippen LogP contribution in [0.4, 0.5) is 11.4 Å². The minimum Gasteiger partial charge on any atom is -0.497 e. The number of halogens is 1. The van der Waals surface area contributed by atoms with Gasteiger partial charge in [-0.3, -0.25) is 9.10 Å². The van der Waals surface area contributed by atoms with Gasteiger partial charge in [-0.2, -0.15) is 0 Å². The van der Waals surface area contributed by atoms with Crippen LogP contribution < -0.4 is 23.8 Å². The Labute approximate surface area is 168 Å². The van der Waals surface area contributed by atoms with Crippen LogP contribution >= 0.6 is 11.6 Å². The van der Waals surface area contributed by atoms with Gasteiger partial charge in [0.1, 0.15) is 17.2 Å². The number of nitrogens with zero attached hydrogens (tertiary/aromatic N) is 1. The highest BCUT2D eigenvalue weighted by molar-refractivity contribution is 7.92. The summed E-state index contributed by atoms with van der Waals surface area (Å²) in [5, 5.41) is 3.06. The third-order valence-corrected chi connectivity index (χ3v) is 5.53. The summed E-state index contributed by atoms with van der Waals surface area (Å²) in [4.78, 5) is 12.8. The lowest BCUT2D eigenvalue weighted by Gasteiger charge is -2.34. The molecule has 0 unspecified atom stereocenters. The highest BCUT2D eigenvalue weighted by atomic mass is 35.5. The van der Waals surface area contributed by atoms with Crippen molar-refractivity contribution in [1.82, 2.24) is 0 Å². The predicted molar refractivity (Wildman–Crippen MR) is 106 cm³/mol. The first-order chi connectivity index (χ1) is 13.2. The first kappa shape index (κ1) is 20.1. The smallest absolute Gasteiger partial charge is 0.267 e. The van der Waals surface area contributed by atoms with E-state index in [1.165, 1.54) is 26.4 Å². The number of sulfonamides is 1. The molecule has 8 nitrogen and oxygen atoms in total. The molecule has 2 aromatic rings. The highest BCUT2D eigenvalue weighted by Gasteiger charge is 2.35. The van der Waals surface area contributed by atoms with Gasteiger partial charge >= 0.3 is 0 Å². The van der Waals surface area contributed by atoms with Gasteiger partial charge in [-0.25, -0.2) is 8.42 Å². The van der Waals surface area contributed by atoms with E-state index in [2.05, 4.69) is 5.32 Å². The Kier molecular flexibility index (Phi) is 5.57. The second-order valence-electron chi connectivity index (χ2n) is 6.07. The molecule has 0 radical (unpaired) electrons. The fourth-order valence-corrected chi connectivity index (χ4v) is 3.87. The highest BCUT2D eigenvalue weighted by Crippen LogP contribution is 2.37. The third kappa shape index (κ3) is 4.10. The maximum absolute atomic E-state index is 12.8. The molecule has 1 aliphatic rings. The number of nitrogens with one attached hydrogen (secondary N) is 1. The number of hydrogen-bond acceptors (Lipinski definition) is 6. The zero-order chi connectivity index (χ0) is 20.5. The Morgan fingerprint density at radius 3 is 2.61 bits per heavy atom. The van der Waals surface area contributed by atoms with Crippen LogP contribution in [0.2, 0.25) is 5.02 Å². The first-order valence-electron chi connectivity index (χ1n) is 8.19. The van der Waals surface area contributed by atoms with Gasteiger partial charge in [0, 0.05) is 11.1 Å². The Balaban J connectivity index is 1.90. The number of rotatable bonds is 5. The van der Waals surface area contributed by atoms with Crippen molar-refractivity contribution in [2.45, 2.75) is 6.10 Å². The Morgan fingerprint density at radius 2 is 1.96 bits per heavy atom. The molecule has 1 heterocycles. The minimum absolute atomic E-state index is 0.190. The zero-order valence-electron chi connectivity index (χ0n) is 15.4. The lowest BCUT2D eigenvalue weighted by Crippen LogP contribution is -2.48. The van der Waals surface area contributed by atoms with Crippen LogP contribution in [0.1, 0.15) is 0 Å². The molecule has 1 aliphatic heterocycles. The number of ether oxygens (including phenoxy) is 3. The molecule has 150 valence electrons. The van der Waals surface area contributed by atoms with Crippen molar-refractivity contribution < 1.29 is 27.4 Å². The molecule has 10 heteroatoms. The van der Waals surface area contributed by atoms with Gasteiger partial charge in [0.15, 0.2) is 6.10 Å². The molecule has 0 spiro atoms. The number of fused-ring (bicyclic) bond motifs is 1. The van der Waals surface area contributed by atoms with Crippen LogP contribution in [0.5, 0.6) is 17.2 Å². The minimum atomic E-state index is -3.65. The zero-order valence-corrected chi connectivity index (χ0v) is 17.0. The second-order valence-corrected chi connectivity index (χ2v) is 8.41. The molecule has 1 atom stereocenters. The average molecular weight is 427 g/mol. The maximum Gasteiger partial charge on any atom is 0.267 e. The van der Waals surface area contributed by atoms with Crippen LogP contribution in [-0.4, -0.2) is 47.4 Å². The molecule has 0 saturated heterocycles. The van der Waals surface area contributed by atoms with Gasteiger partial charge in [0.25, 0.3) is 5.91 Å². The number of anilines is 2. The molecule has 1 amide bonds. The van der Waals surface area contributed by atoms with Gasteiger partial charge in [0.2, 0.25) is 10.0 Å². The van der Waals surface area contributed by atoms with Gasteiger partial charge in [-0.15, -0.1) is 0 Å². The quantitative estimate of drug-likeness (QED) is 0.789. The van der Waals surface area contributed by atoms with Crippen molar-refractivity contribution in [2.75, 3.05) is 36.6 Å². The van der Waals surface area contributed by atoms with Crippen LogP contribution in [0.15, 0.2) is 36.4 Å². The summed E-state index contributed by atoms with van der Waals surface area (Å²) in [6.07, 6.45) is -0.0115. The number of carbonyl (C=O) groups is 1. The monoisotopic (exact) mass is 426 g/mol. The Morgan fingerprint density at radius 1 is 1.21 bits per heavy atom.